The fraction of sp³-hybridized carbons (Fsp3) is 0.211. The van der Waals surface area contributed by atoms with Crippen LogP contribution in [0.25, 0.3) is 0 Å². The molecule has 27 heavy (non-hydrogen) atoms. The number of hydrogen-bond donors (Lipinski definition) is 2. The minimum atomic E-state index is -0.659. The van der Waals surface area contributed by atoms with E-state index in [9.17, 15) is 18.8 Å². The van der Waals surface area contributed by atoms with E-state index >= 15 is 0 Å². The zero-order valence-electron chi connectivity index (χ0n) is 14.9. The number of nitrogens with one attached hydrogen (secondary N) is 2. The van der Waals surface area contributed by atoms with Crippen LogP contribution in [0.15, 0.2) is 42.5 Å². The molecular formula is C19H19FN2O5. The number of hydrogen-bond acceptors (Lipinski definition) is 5. The third-order valence-corrected chi connectivity index (χ3v) is 3.71. The van der Waals surface area contributed by atoms with Crippen molar-refractivity contribution < 1.29 is 28.2 Å². The van der Waals surface area contributed by atoms with Gasteiger partial charge in [0, 0.05) is 6.54 Å². The van der Waals surface area contributed by atoms with Gasteiger partial charge in [-0.2, -0.15) is 0 Å². The molecule has 7 nitrogen and oxygen atoms in total. The Morgan fingerprint density at radius 1 is 0.963 bits per heavy atom. The van der Waals surface area contributed by atoms with E-state index in [0.717, 1.165) is 5.56 Å². The summed E-state index contributed by atoms with van der Waals surface area (Å²) in [6.45, 7) is 0.293. The van der Waals surface area contributed by atoms with Gasteiger partial charge in [0.1, 0.15) is 5.82 Å². The topological polar surface area (TPSA) is 93.7 Å². The molecule has 0 aliphatic carbocycles. The van der Waals surface area contributed by atoms with Crippen LogP contribution in [0.2, 0.25) is 0 Å². The molecule has 0 aliphatic rings. The van der Waals surface area contributed by atoms with Crippen molar-refractivity contribution in [2.75, 3.05) is 26.1 Å². The van der Waals surface area contributed by atoms with E-state index in [1.807, 2.05) is 0 Å². The van der Waals surface area contributed by atoms with E-state index < -0.39 is 18.0 Å². The van der Waals surface area contributed by atoms with Gasteiger partial charge in [0.2, 0.25) is 0 Å². The lowest BCUT2D eigenvalue weighted by molar-refractivity contribution is 0.0587. The van der Waals surface area contributed by atoms with Crippen molar-refractivity contribution in [3.05, 3.63) is 65.0 Å². The SMILES string of the molecule is COC(=O)c1ccc(C(=O)OC)c(NC(=O)NCCc2ccc(F)cc2)c1. The number of esters is 2. The van der Waals surface area contributed by atoms with Crippen molar-refractivity contribution in [2.24, 2.45) is 0 Å². The van der Waals surface area contributed by atoms with Crippen molar-refractivity contribution in [2.45, 2.75) is 6.42 Å². The van der Waals surface area contributed by atoms with Gasteiger partial charge in [0.05, 0.1) is 31.0 Å². The largest absolute Gasteiger partial charge is 0.465 e. The maximum atomic E-state index is 12.9. The van der Waals surface area contributed by atoms with Crippen molar-refractivity contribution in [3.8, 4) is 0 Å². The maximum Gasteiger partial charge on any atom is 0.339 e. The zero-order valence-corrected chi connectivity index (χ0v) is 14.9. The first-order chi connectivity index (χ1) is 12.9. The van der Waals surface area contributed by atoms with Gasteiger partial charge in [-0.25, -0.2) is 18.8 Å². The van der Waals surface area contributed by atoms with Gasteiger partial charge in [-0.3, -0.25) is 0 Å². The molecule has 0 spiro atoms. The standard InChI is InChI=1S/C19H19FN2O5/c1-26-17(23)13-5-8-15(18(24)27-2)16(11-13)22-19(25)21-10-9-12-3-6-14(20)7-4-12/h3-8,11H,9-10H2,1-2H3,(H2,21,22,25). The number of ether oxygens (including phenoxy) is 2. The number of rotatable bonds is 6. The summed E-state index contributed by atoms with van der Waals surface area (Å²) in [6.07, 6.45) is 0.500. The Bertz CT molecular complexity index is 836. The first-order valence-corrected chi connectivity index (χ1v) is 8.04. The van der Waals surface area contributed by atoms with Crippen molar-refractivity contribution in [3.63, 3.8) is 0 Å². The summed E-state index contributed by atoms with van der Waals surface area (Å²) in [5.74, 6) is -1.59. The summed E-state index contributed by atoms with van der Waals surface area (Å²) < 4.78 is 22.2. The lowest BCUT2D eigenvalue weighted by atomic mass is 10.1. The summed E-state index contributed by atoms with van der Waals surface area (Å²) in [5, 5.41) is 5.15. The third kappa shape index (κ3) is 5.53. The molecule has 0 saturated carbocycles. The van der Waals surface area contributed by atoms with Gasteiger partial charge in [-0.1, -0.05) is 12.1 Å². The molecule has 0 saturated heterocycles. The molecule has 2 aromatic carbocycles. The van der Waals surface area contributed by atoms with Crippen molar-refractivity contribution in [1.29, 1.82) is 0 Å². The molecule has 2 N–H and O–H groups in total. The van der Waals surface area contributed by atoms with Gasteiger partial charge < -0.3 is 20.1 Å². The second-order valence-electron chi connectivity index (χ2n) is 5.50. The van der Waals surface area contributed by atoms with E-state index in [0.29, 0.717) is 13.0 Å². The smallest absolute Gasteiger partial charge is 0.339 e. The molecule has 142 valence electrons. The summed E-state index contributed by atoms with van der Waals surface area (Å²) in [4.78, 5) is 35.6. The minimum absolute atomic E-state index is 0.0961. The van der Waals surface area contributed by atoms with Crippen LogP contribution in [0, 0.1) is 5.82 Å². The van der Waals surface area contributed by atoms with Crippen LogP contribution in [0.1, 0.15) is 26.3 Å². The molecule has 2 amide bonds. The summed E-state index contributed by atoms with van der Waals surface area (Å²) in [5.41, 5.74) is 1.24. The molecule has 8 heteroatoms. The maximum absolute atomic E-state index is 12.9. The Kier molecular flexibility index (Phi) is 6.87. The Hall–Kier alpha value is -3.42. The molecule has 0 fully saturated rings. The molecule has 0 aromatic heterocycles. The van der Waals surface area contributed by atoms with Gasteiger partial charge in [0.15, 0.2) is 0 Å². The van der Waals surface area contributed by atoms with E-state index in [4.69, 9.17) is 0 Å². The van der Waals surface area contributed by atoms with Crippen LogP contribution < -0.4 is 10.6 Å². The van der Waals surface area contributed by atoms with Gasteiger partial charge in [0.25, 0.3) is 0 Å². The summed E-state index contributed by atoms with van der Waals surface area (Å²) >= 11 is 0. The van der Waals surface area contributed by atoms with E-state index in [1.165, 1.54) is 44.6 Å². The van der Waals surface area contributed by atoms with Crippen LogP contribution in [0.4, 0.5) is 14.9 Å². The van der Waals surface area contributed by atoms with Crippen LogP contribution in [0.3, 0.4) is 0 Å². The average molecular weight is 374 g/mol. The molecule has 0 atom stereocenters. The van der Waals surface area contributed by atoms with E-state index in [-0.39, 0.29) is 22.6 Å². The Balaban J connectivity index is 2.04. The monoisotopic (exact) mass is 374 g/mol. The summed E-state index contributed by atoms with van der Waals surface area (Å²) in [6, 6.07) is 9.48. The highest BCUT2D eigenvalue weighted by atomic mass is 19.1. The predicted octanol–water partition coefficient (Wildman–Crippen LogP) is 2.76. The minimum Gasteiger partial charge on any atom is -0.465 e. The quantitative estimate of drug-likeness (QED) is 0.759. The second-order valence-corrected chi connectivity index (χ2v) is 5.50. The molecule has 2 rings (SSSR count). The fourth-order valence-electron chi connectivity index (χ4n) is 2.32. The highest BCUT2D eigenvalue weighted by Crippen LogP contribution is 2.19. The molecule has 0 heterocycles. The van der Waals surface area contributed by atoms with Crippen molar-refractivity contribution in [1.82, 2.24) is 5.32 Å². The Morgan fingerprint density at radius 2 is 1.63 bits per heavy atom. The van der Waals surface area contributed by atoms with Crippen LogP contribution in [0.5, 0.6) is 0 Å². The molecular weight excluding hydrogens is 355 g/mol. The molecule has 2 aromatic rings. The molecule has 0 radical (unpaired) electrons. The van der Waals surface area contributed by atoms with Crippen LogP contribution >= 0.6 is 0 Å². The lowest BCUT2D eigenvalue weighted by Crippen LogP contribution is -2.31. The first-order valence-electron chi connectivity index (χ1n) is 8.04. The number of halogens is 1. The van der Waals surface area contributed by atoms with Gasteiger partial charge in [-0.05, 0) is 42.3 Å². The highest BCUT2D eigenvalue weighted by Gasteiger charge is 2.17. The zero-order chi connectivity index (χ0) is 19.8. The Morgan fingerprint density at radius 3 is 2.26 bits per heavy atom. The average Bonchev–Trinajstić information content (AvgIpc) is 2.68. The number of anilines is 1. The molecule has 0 unspecified atom stereocenters. The first kappa shape index (κ1) is 19.9. The van der Waals surface area contributed by atoms with Gasteiger partial charge in [-0.15, -0.1) is 0 Å². The molecule has 0 aliphatic heterocycles. The lowest BCUT2D eigenvalue weighted by Gasteiger charge is -2.12. The number of urea groups is 1. The predicted molar refractivity (Wildman–Crippen MR) is 96.2 cm³/mol. The number of benzene rings is 2. The fourth-order valence-corrected chi connectivity index (χ4v) is 2.32. The normalized spacial score (nSPS) is 10.0. The van der Waals surface area contributed by atoms with E-state index in [1.54, 1.807) is 12.1 Å². The Labute approximate surface area is 155 Å². The number of methoxy groups -OCH3 is 2. The summed E-state index contributed by atoms with van der Waals surface area (Å²) in [7, 11) is 2.44. The third-order valence-electron chi connectivity index (χ3n) is 3.71. The molecule has 0 bridgehead atoms. The highest BCUT2D eigenvalue weighted by molar-refractivity contribution is 6.03. The number of amides is 2. The van der Waals surface area contributed by atoms with Crippen molar-refractivity contribution >= 4 is 23.7 Å². The second kappa shape index (κ2) is 9.33. The van der Waals surface area contributed by atoms with E-state index in [2.05, 4.69) is 20.1 Å². The van der Waals surface area contributed by atoms with Crippen LogP contribution in [-0.4, -0.2) is 38.7 Å². The number of carbonyl (C=O) groups excluding carboxylic acids is 3. The van der Waals surface area contributed by atoms with Crippen LogP contribution in [-0.2, 0) is 15.9 Å². The van der Waals surface area contributed by atoms with Gasteiger partial charge >= 0.3 is 18.0 Å². The number of carbonyl (C=O) groups is 3.